The van der Waals surface area contributed by atoms with E-state index in [2.05, 4.69) is 10.3 Å². The molecule has 0 heterocycles. The highest BCUT2D eigenvalue weighted by atomic mass is 19.1. The maximum Gasteiger partial charge on any atom is 0.131 e. The number of rotatable bonds is 6. The number of halogens is 5. The van der Waals surface area contributed by atoms with Crippen LogP contribution in [0.5, 0.6) is 0 Å². The second kappa shape index (κ2) is 8.65. The fourth-order valence-electron chi connectivity index (χ4n) is 2.54. The summed E-state index contributed by atoms with van der Waals surface area (Å²) in [6.45, 7) is -0.0292. The molecule has 0 spiro atoms. The molecule has 0 unspecified atom stereocenters. The Kier molecular flexibility index (Phi) is 6.03. The van der Waals surface area contributed by atoms with E-state index in [9.17, 15) is 22.0 Å². The van der Waals surface area contributed by atoms with Gasteiger partial charge in [0, 0.05) is 47.3 Å². The molecule has 0 bridgehead atoms. The van der Waals surface area contributed by atoms with Crippen LogP contribution in [0.25, 0.3) is 0 Å². The Bertz CT molecular complexity index is 1020. The third kappa shape index (κ3) is 4.94. The van der Waals surface area contributed by atoms with Gasteiger partial charge in [0.1, 0.15) is 29.1 Å². The minimum absolute atomic E-state index is 0.00297. The zero-order valence-corrected chi connectivity index (χ0v) is 14.5. The zero-order valence-electron chi connectivity index (χ0n) is 14.5. The first-order valence-electron chi connectivity index (χ1n) is 8.33. The van der Waals surface area contributed by atoms with Crippen molar-refractivity contribution in [1.82, 2.24) is 0 Å². The van der Waals surface area contributed by atoms with E-state index in [0.717, 1.165) is 24.3 Å². The number of nitrogens with zero attached hydrogens (tertiary/aromatic N) is 1. The van der Waals surface area contributed by atoms with Gasteiger partial charge in [-0.2, -0.15) is 0 Å². The van der Waals surface area contributed by atoms with Crippen LogP contribution in [0.2, 0.25) is 0 Å². The molecule has 0 fully saturated rings. The molecule has 3 aromatic carbocycles. The molecule has 1 N–H and O–H groups in total. The molecule has 2 nitrogen and oxygen atoms in total. The van der Waals surface area contributed by atoms with Gasteiger partial charge in [0.25, 0.3) is 0 Å². The average Bonchev–Trinajstić information content (AvgIpc) is 2.64. The van der Waals surface area contributed by atoms with E-state index < -0.39 is 29.1 Å². The van der Waals surface area contributed by atoms with Crippen molar-refractivity contribution in [3.8, 4) is 0 Å². The van der Waals surface area contributed by atoms with Gasteiger partial charge in [0.05, 0.1) is 6.54 Å². The van der Waals surface area contributed by atoms with Crippen molar-refractivity contribution in [3.05, 3.63) is 100 Å². The molecule has 0 radical (unpaired) electrons. The molecule has 0 atom stereocenters. The van der Waals surface area contributed by atoms with E-state index in [4.69, 9.17) is 0 Å². The summed E-state index contributed by atoms with van der Waals surface area (Å²) in [4.78, 5) is 4.10. The highest BCUT2D eigenvalue weighted by molar-refractivity contribution is 5.87. The fraction of sp³-hybridized carbons (Fsp3) is 0.0952. The molecule has 144 valence electrons. The molecule has 0 saturated heterocycles. The topological polar surface area (TPSA) is 24.4 Å². The molecule has 28 heavy (non-hydrogen) atoms. The van der Waals surface area contributed by atoms with Gasteiger partial charge in [0.2, 0.25) is 0 Å². The minimum atomic E-state index is -0.717. The van der Waals surface area contributed by atoms with Crippen molar-refractivity contribution in [2.75, 3.05) is 5.32 Å². The van der Waals surface area contributed by atoms with E-state index >= 15 is 0 Å². The first-order chi connectivity index (χ1) is 13.4. The molecule has 0 aromatic heterocycles. The van der Waals surface area contributed by atoms with Crippen molar-refractivity contribution < 1.29 is 22.0 Å². The van der Waals surface area contributed by atoms with Crippen molar-refractivity contribution in [1.29, 1.82) is 0 Å². The summed E-state index contributed by atoms with van der Waals surface area (Å²) in [5.74, 6) is -3.30. The predicted octanol–water partition coefficient (Wildman–Crippen LogP) is 5.61. The van der Waals surface area contributed by atoms with Gasteiger partial charge in [-0.05, 0) is 30.3 Å². The van der Waals surface area contributed by atoms with E-state index in [1.807, 2.05) is 0 Å². The monoisotopic (exact) mass is 390 g/mol. The van der Waals surface area contributed by atoms with Crippen molar-refractivity contribution >= 4 is 11.9 Å². The Morgan fingerprint density at radius 3 is 1.93 bits per heavy atom. The summed E-state index contributed by atoms with van der Waals surface area (Å²) in [6, 6.07) is 10.3. The van der Waals surface area contributed by atoms with Gasteiger partial charge in [-0.1, -0.05) is 12.1 Å². The number of anilines is 1. The molecule has 0 saturated carbocycles. The number of hydrogen-bond acceptors (Lipinski definition) is 2. The maximum atomic E-state index is 13.7. The van der Waals surface area contributed by atoms with Crippen LogP contribution in [0, 0.1) is 29.1 Å². The van der Waals surface area contributed by atoms with Crippen LogP contribution in [0.4, 0.5) is 27.6 Å². The van der Waals surface area contributed by atoms with Crippen molar-refractivity contribution in [2.45, 2.75) is 13.1 Å². The summed E-state index contributed by atoms with van der Waals surface area (Å²) < 4.78 is 66.9. The molecule has 3 rings (SSSR count). The van der Waals surface area contributed by atoms with Crippen LogP contribution >= 0.6 is 0 Å². The van der Waals surface area contributed by atoms with Gasteiger partial charge in [-0.25, -0.2) is 22.0 Å². The molecular formula is C21H15F5N2. The zero-order chi connectivity index (χ0) is 20.1. The number of benzene rings is 3. The van der Waals surface area contributed by atoms with Crippen LogP contribution in [0.3, 0.4) is 0 Å². The molecule has 0 amide bonds. The lowest BCUT2D eigenvalue weighted by atomic mass is 10.1. The SMILES string of the molecule is Fc1ccc(CN=Cc2ccc(F)cc2NCc2ccc(F)cc2F)c(F)c1. The van der Waals surface area contributed by atoms with Crippen LogP contribution < -0.4 is 5.32 Å². The molecule has 7 heteroatoms. The second-order valence-electron chi connectivity index (χ2n) is 6.03. The molecule has 0 aliphatic carbocycles. The lowest BCUT2D eigenvalue weighted by molar-refractivity contribution is 0.572. The lowest BCUT2D eigenvalue weighted by Gasteiger charge is -2.11. The van der Waals surface area contributed by atoms with Crippen LogP contribution in [0.15, 0.2) is 59.6 Å². The fourth-order valence-corrected chi connectivity index (χ4v) is 2.54. The van der Waals surface area contributed by atoms with Crippen LogP contribution in [-0.2, 0) is 13.1 Å². The molecule has 0 aliphatic heterocycles. The lowest BCUT2D eigenvalue weighted by Crippen LogP contribution is -2.05. The van der Waals surface area contributed by atoms with Crippen molar-refractivity contribution in [2.24, 2.45) is 4.99 Å². The standard InChI is InChI=1S/C21H15F5N2/c22-16-4-1-13(19(25)7-16)10-27-11-15-3-6-18(24)9-21(15)28-12-14-2-5-17(23)8-20(14)26/h1-9,11,28H,10,12H2. The van der Waals surface area contributed by atoms with Gasteiger partial charge >= 0.3 is 0 Å². The Morgan fingerprint density at radius 2 is 1.29 bits per heavy atom. The second-order valence-corrected chi connectivity index (χ2v) is 6.03. The highest BCUT2D eigenvalue weighted by Gasteiger charge is 2.07. The van der Waals surface area contributed by atoms with Crippen molar-refractivity contribution in [3.63, 3.8) is 0 Å². The van der Waals surface area contributed by atoms with E-state index in [1.54, 1.807) is 0 Å². The number of nitrogens with one attached hydrogen (secondary N) is 1. The van der Waals surface area contributed by atoms with Gasteiger partial charge in [0.15, 0.2) is 0 Å². The van der Waals surface area contributed by atoms with Gasteiger partial charge in [-0.15, -0.1) is 0 Å². The molecular weight excluding hydrogens is 375 g/mol. The largest absolute Gasteiger partial charge is 0.380 e. The smallest absolute Gasteiger partial charge is 0.131 e. The third-order valence-corrected chi connectivity index (χ3v) is 4.01. The first-order valence-corrected chi connectivity index (χ1v) is 8.33. The normalized spacial score (nSPS) is 11.2. The Labute approximate surface area is 158 Å². The predicted molar refractivity (Wildman–Crippen MR) is 97.7 cm³/mol. The molecule has 3 aromatic rings. The van der Waals surface area contributed by atoms with E-state index in [-0.39, 0.29) is 24.2 Å². The van der Waals surface area contributed by atoms with E-state index in [0.29, 0.717) is 11.3 Å². The Hall–Kier alpha value is -3.22. The number of aliphatic imine (C=N–C) groups is 1. The van der Waals surface area contributed by atoms with Crippen LogP contribution in [-0.4, -0.2) is 6.21 Å². The van der Waals surface area contributed by atoms with E-state index in [1.165, 1.54) is 36.5 Å². The minimum Gasteiger partial charge on any atom is -0.380 e. The first kappa shape index (κ1) is 19.5. The van der Waals surface area contributed by atoms with Crippen LogP contribution in [0.1, 0.15) is 16.7 Å². The van der Waals surface area contributed by atoms with Gasteiger partial charge in [-0.3, -0.25) is 4.99 Å². The summed E-state index contributed by atoms with van der Waals surface area (Å²) >= 11 is 0. The Morgan fingerprint density at radius 1 is 0.714 bits per heavy atom. The maximum absolute atomic E-state index is 13.7. The van der Waals surface area contributed by atoms with Gasteiger partial charge < -0.3 is 5.32 Å². The molecule has 0 aliphatic rings. The average molecular weight is 390 g/mol. The Balaban J connectivity index is 1.74. The summed E-state index contributed by atoms with van der Waals surface area (Å²) in [6.07, 6.45) is 1.41. The highest BCUT2D eigenvalue weighted by Crippen LogP contribution is 2.19. The summed E-state index contributed by atoms with van der Waals surface area (Å²) in [5.41, 5.74) is 1.25. The summed E-state index contributed by atoms with van der Waals surface area (Å²) in [5, 5.41) is 2.88. The summed E-state index contributed by atoms with van der Waals surface area (Å²) in [7, 11) is 0. The number of hydrogen-bond donors (Lipinski definition) is 1. The third-order valence-electron chi connectivity index (χ3n) is 4.01. The quantitative estimate of drug-likeness (QED) is 0.429.